The molecule has 3 aromatic rings. The van der Waals surface area contributed by atoms with Gasteiger partial charge in [-0.1, -0.05) is 18.2 Å². The van der Waals surface area contributed by atoms with E-state index in [2.05, 4.69) is 25.3 Å². The van der Waals surface area contributed by atoms with Gasteiger partial charge in [0.25, 0.3) is 5.78 Å². The van der Waals surface area contributed by atoms with Gasteiger partial charge in [-0.05, 0) is 44.7 Å². The van der Waals surface area contributed by atoms with Crippen LogP contribution in [0, 0.1) is 26.7 Å². The van der Waals surface area contributed by atoms with E-state index in [1.807, 2.05) is 45.0 Å². The molecule has 0 bridgehead atoms. The molecule has 2 aromatic heterocycles. The lowest BCUT2D eigenvalue weighted by Crippen LogP contribution is -2.41. The summed E-state index contributed by atoms with van der Waals surface area (Å²) in [6.07, 6.45) is 3.36. The van der Waals surface area contributed by atoms with Crippen LogP contribution in [0.1, 0.15) is 29.7 Å². The zero-order chi connectivity index (χ0) is 19.0. The number of anilines is 2. The predicted molar refractivity (Wildman–Crippen MR) is 105 cm³/mol. The Morgan fingerprint density at radius 1 is 1.22 bits per heavy atom. The van der Waals surface area contributed by atoms with Gasteiger partial charge in [-0.3, -0.25) is 4.79 Å². The van der Waals surface area contributed by atoms with Crippen molar-refractivity contribution >= 4 is 23.2 Å². The Kier molecular flexibility index (Phi) is 4.51. The second-order valence-corrected chi connectivity index (χ2v) is 7.27. The number of aryl methyl sites for hydroxylation is 3. The molecule has 7 nitrogen and oxygen atoms in total. The summed E-state index contributed by atoms with van der Waals surface area (Å²) >= 11 is 0. The van der Waals surface area contributed by atoms with E-state index >= 15 is 0 Å². The lowest BCUT2D eigenvalue weighted by atomic mass is 9.96. The summed E-state index contributed by atoms with van der Waals surface area (Å²) in [5.41, 5.74) is 4.00. The highest BCUT2D eigenvalue weighted by molar-refractivity contribution is 5.94. The Hall–Kier alpha value is -2.96. The van der Waals surface area contributed by atoms with Crippen LogP contribution in [0.25, 0.3) is 5.78 Å². The standard InChI is InChI=1S/C20H24N6O/c1-13-6-4-7-14(2)18(13)24-19(27)16-8-5-9-25(11-16)17-10-15(3)23-20-21-12-22-26(17)20/h4,6-7,10,12,16H,5,8-9,11H2,1-3H3,(H,24,27)/t16-/m1/s1. The van der Waals surface area contributed by atoms with Crippen LogP contribution in [0.4, 0.5) is 11.5 Å². The third-order valence-electron chi connectivity index (χ3n) is 5.21. The Bertz CT molecular complexity index is 975. The maximum Gasteiger partial charge on any atom is 0.254 e. The highest BCUT2D eigenvalue weighted by Crippen LogP contribution is 2.26. The molecule has 1 aliphatic rings. The van der Waals surface area contributed by atoms with Crippen molar-refractivity contribution in [1.82, 2.24) is 19.6 Å². The number of benzene rings is 1. The first-order valence-corrected chi connectivity index (χ1v) is 9.32. The molecule has 4 rings (SSSR count). The average Bonchev–Trinajstić information content (AvgIpc) is 3.12. The van der Waals surface area contributed by atoms with Crippen molar-refractivity contribution in [2.75, 3.05) is 23.3 Å². The topological polar surface area (TPSA) is 75.4 Å². The van der Waals surface area contributed by atoms with Gasteiger partial charge in [0.05, 0.1) is 5.92 Å². The van der Waals surface area contributed by atoms with Crippen LogP contribution in [0.2, 0.25) is 0 Å². The first-order chi connectivity index (χ1) is 13.0. The number of fused-ring (bicyclic) bond motifs is 1. The number of para-hydroxylation sites is 1. The van der Waals surface area contributed by atoms with Crippen LogP contribution in [-0.4, -0.2) is 38.6 Å². The fourth-order valence-corrected chi connectivity index (χ4v) is 3.77. The van der Waals surface area contributed by atoms with Crippen molar-refractivity contribution < 1.29 is 4.79 Å². The monoisotopic (exact) mass is 364 g/mol. The fourth-order valence-electron chi connectivity index (χ4n) is 3.77. The highest BCUT2D eigenvalue weighted by atomic mass is 16.1. The van der Waals surface area contributed by atoms with Crippen LogP contribution >= 0.6 is 0 Å². The largest absolute Gasteiger partial charge is 0.356 e. The van der Waals surface area contributed by atoms with Crippen LogP contribution < -0.4 is 10.2 Å². The van der Waals surface area contributed by atoms with Crippen molar-refractivity contribution in [3.05, 3.63) is 47.4 Å². The zero-order valence-corrected chi connectivity index (χ0v) is 15.9. The summed E-state index contributed by atoms with van der Waals surface area (Å²) in [6.45, 7) is 7.56. The summed E-state index contributed by atoms with van der Waals surface area (Å²) < 4.78 is 1.75. The van der Waals surface area contributed by atoms with Crippen LogP contribution in [0.5, 0.6) is 0 Å². The summed E-state index contributed by atoms with van der Waals surface area (Å²) in [6, 6.07) is 8.07. The Labute approximate surface area is 158 Å². The van der Waals surface area contributed by atoms with Gasteiger partial charge in [0.1, 0.15) is 12.1 Å². The molecule has 140 valence electrons. The van der Waals surface area contributed by atoms with Gasteiger partial charge in [0, 0.05) is 30.5 Å². The number of hydrogen-bond donors (Lipinski definition) is 1. The third-order valence-corrected chi connectivity index (χ3v) is 5.21. The highest BCUT2D eigenvalue weighted by Gasteiger charge is 2.28. The number of amides is 1. The smallest absolute Gasteiger partial charge is 0.254 e. The molecule has 1 atom stereocenters. The minimum absolute atomic E-state index is 0.0650. The maximum absolute atomic E-state index is 12.9. The van der Waals surface area contributed by atoms with E-state index in [9.17, 15) is 4.79 Å². The molecule has 0 saturated carbocycles. The van der Waals surface area contributed by atoms with Gasteiger partial charge < -0.3 is 10.2 Å². The number of nitrogens with one attached hydrogen (secondary N) is 1. The van der Waals surface area contributed by atoms with Crippen molar-refractivity contribution in [3.8, 4) is 0 Å². The molecule has 3 heterocycles. The minimum atomic E-state index is -0.0650. The summed E-state index contributed by atoms with van der Waals surface area (Å²) in [7, 11) is 0. The Morgan fingerprint density at radius 2 is 2.00 bits per heavy atom. The molecule has 1 amide bonds. The van der Waals surface area contributed by atoms with Crippen LogP contribution in [0.3, 0.4) is 0 Å². The predicted octanol–water partition coefficient (Wildman–Crippen LogP) is 2.90. The molecule has 0 aliphatic carbocycles. The minimum Gasteiger partial charge on any atom is -0.356 e. The first kappa shape index (κ1) is 17.5. The Morgan fingerprint density at radius 3 is 2.78 bits per heavy atom. The third kappa shape index (κ3) is 3.37. The number of carbonyl (C=O) groups is 1. The molecule has 7 heteroatoms. The summed E-state index contributed by atoms with van der Waals surface area (Å²) in [4.78, 5) is 23.8. The molecule has 1 aliphatic heterocycles. The molecule has 27 heavy (non-hydrogen) atoms. The van der Waals surface area contributed by atoms with E-state index in [0.29, 0.717) is 12.3 Å². The molecule has 1 N–H and O–H groups in total. The van der Waals surface area contributed by atoms with E-state index in [0.717, 1.165) is 47.7 Å². The Balaban J connectivity index is 1.56. The quantitative estimate of drug-likeness (QED) is 0.773. The van der Waals surface area contributed by atoms with E-state index in [-0.39, 0.29) is 11.8 Å². The van der Waals surface area contributed by atoms with Gasteiger partial charge in [-0.25, -0.2) is 4.98 Å². The normalized spacial score (nSPS) is 17.3. The van der Waals surface area contributed by atoms with Gasteiger partial charge in [0.15, 0.2) is 0 Å². The maximum atomic E-state index is 12.9. The van der Waals surface area contributed by atoms with Gasteiger partial charge in [-0.2, -0.15) is 14.6 Å². The number of aromatic nitrogens is 4. The lowest BCUT2D eigenvalue weighted by Gasteiger charge is -2.33. The molecular weight excluding hydrogens is 340 g/mol. The number of carbonyl (C=O) groups excluding carboxylic acids is 1. The van der Waals surface area contributed by atoms with Crippen molar-refractivity contribution in [2.24, 2.45) is 5.92 Å². The second-order valence-electron chi connectivity index (χ2n) is 7.27. The molecule has 1 saturated heterocycles. The van der Waals surface area contributed by atoms with Gasteiger partial charge >= 0.3 is 0 Å². The zero-order valence-electron chi connectivity index (χ0n) is 15.9. The molecule has 1 aromatic carbocycles. The fraction of sp³-hybridized carbons (Fsp3) is 0.400. The first-order valence-electron chi connectivity index (χ1n) is 9.32. The van der Waals surface area contributed by atoms with Crippen LogP contribution in [-0.2, 0) is 4.79 Å². The van der Waals surface area contributed by atoms with E-state index in [1.54, 1.807) is 4.52 Å². The average molecular weight is 364 g/mol. The number of nitrogens with zero attached hydrogens (tertiary/aromatic N) is 5. The molecule has 0 unspecified atom stereocenters. The van der Waals surface area contributed by atoms with Gasteiger partial charge in [-0.15, -0.1) is 0 Å². The lowest BCUT2D eigenvalue weighted by molar-refractivity contribution is -0.120. The number of rotatable bonds is 3. The second kappa shape index (κ2) is 6.98. The van der Waals surface area contributed by atoms with Crippen LogP contribution in [0.15, 0.2) is 30.6 Å². The van der Waals surface area contributed by atoms with Crippen molar-refractivity contribution in [3.63, 3.8) is 0 Å². The van der Waals surface area contributed by atoms with E-state index in [4.69, 9.17) is 0 Å². The summed E-state index contributed by atoms with van der Waals surface area (Å²) in [5.74, 6) is 1.55. The van der Waals surface area contributed by atoms with E-state index < -0.39 is 0 Å². The SMILES string of the molecule is Cc1cc(N2CCC[C@@H](C(=O)Nc3c(C)cccc3C)C2)n2ncnc2n1. The van der Waals surface area contributed by atoms with Crippen molar-refractivity contribution in [1.29, 1.82) is 0 Å². The van der Waals surface area contributed by atoms with Gasteiger partial charge in [0.2, 0.25) is 5.91 Å². The van der Waals surface area contributed by atoms with E-state index in [1.165, 1.54) is 6.33 Å². The summed E-state index contributed by atoms with van der Waals surface area (Å²) in [5, 5.41) is 7.45. The number of hydrogen-bond acceptors (Lipinski definition) is 5. The molecular formula is C20H24N6O. The van der Waals surface area contributed by atoms with Crippen molar-refractivity contribution in [2.45, 2.75) is 33.6 Å². The number of piperidine rings is 1. The molecule has 0 spiro atoms. The molecule has 1 fully saturated rings. The molecule has 0 radical (unpaired) electrons.